The third-order valence-corrected chi connectivity index (χ3v) is 4.18. The molecule has 2 aliphatic carbocycles. The van der Waals surface area contributed by atoms with Crippen molar-refractivity contribution in [2.45, 2.75) is 25.7 Å². The summed E-state index contributed by atoms with van der Waals surface area (Å²) in [4.78, 5) is 12.6. The van der Waals surface area contributed by atoms with Crippen LogP contribution in [-0.2, 0) is 6.42 Å². The van der Waals surface area contributed by atoms with Gasteiger partial charge in [-0.25, -0.2) is 0 Å². The normalized spacial score (nSPS) is 26.8. The minimum Gasteiger partial charge on any atom is -0.294 e. The number of Topliss-reactive ketones (excluding diaryl/α,β-unsaturated/α-hetero) is 1. The van der Waals surface area contributed by atoms with Crippen LogP contribution in [0.4, 0.5) is 0 Å². The van der Waals surface area contributed by atoms with Gasteiger partial charge in [0.2, 0.25) is 0 Å². The van der Waals surface area contributed by atoms with Crippen molar-refractivity contribution in [3.05, 3.63) is 59.7 Å². The summed E-state index contributed by atoms with van der Waals surface area (Å²) in [5.74, 6) is 0.340. The van der Waals surface area contributed by atoms with Gasteiger partial charge in [0.25, 0.3) is 0 Å². The molecule has 1 unspecified atom stereocenters. The lowest BCUT2D eigenvalue weighted by Crippen LogP contribution is -2.34. The average Bonchev–Trinajstić information content (AvgIpc) is 2.79. The van der Waals surface area contributed by atoms with Gasteiger partial charge in [0.15, 0.2) is 5.78 Å². The number of fused-ring (bicyclic) bond motifs is 1. The van der Waals surface area contributed by atoms with Gasteiger partial charge >= 0.3 is 0 Å². The van der Waals surface area contributed by atoms with Crippen LogP contribution in [-0.4, -0.2) is 5.78 Å². The maximum absolute atomic E-state index is 12.6. The Morgan fingerprint density at radius 1 is 1.29 bits per heavy atom. The molecular weight excluding hydrogens is 208 g/mol. The second-order valence-electron chi connectivity index (χ2n) is 5.13. The molecule has 1 nitrogen and oxygen atoms in total. The molecule has 0 heterocycles. The maximum Gasteiger partial charge on any atom is 0.169 e. The van der Waals surface area contributed by atoms with Crippen LogP contribution in [0.1, 0.15) is 35.2 Å². The standard InChI is InChI=1S/C16H16O/c1-2-12-7-9-16(11-12)10-8-13-5-3-4-6-14(13)15(16)17/h2-7H,1,8-11H2. The van der Waals surface area contributed by atoms with Gasteiger partial charge in [0.1, 0.15) is 0 Å². The second-order valence-corrected chi connectivity index (χ2v) is 5.13. The van der Waals surface area contributed by atoms with Crippen LogP contribution in [0.3, 0.4) is 0 Å². The van der Waals surface area contributed by atoms with Crippen molar-refractivity contribution < 1.29 is 4.79 Å². The van der Waals surface area contributed by atoms with E-state index in [0.717, 1.165) is 31.2 Å². The monoisotopic (exact) mass is 224 g/mol. The molecule has 0 fully saturated rings. The highest BCUT2D eigenvalue weighted by Crippen LogP contribution is 2.47. The molecule has 2 aliphatic rings. The van der Waals surface area contributed by atoms with E-state index in [0.29, 0.717) is 5.78 Å². The molecule has 1 atom stereocenters. The largest absolute Gasteiger partial charge is 0.294 e. The first-order valence-corrected chi connectivity index (χ1v) is 6.19. The molecule has 1 aromatic rings. The summed E-state index contributed by atoms with van der Waals surface area (Å²) in [5.41, 5.74) is 3.24. The van der Waals surface area contributed by atoms with Gasteiger partial charge in [0.05, 0.1) is 0 Å². The van der Waals surface area contributed by atoms with Crippen LogP contribution in [0.15, 0.2) is 48.6 Å². The molecule has 3 rings (SSSR count). The number of ketones is 1. The summed E-state index contributed by atoms with van der Waals surface area (Å²) in [7, 11) is 0. The fraction of sp³-hybridized carbons (Fsp3) is 0.312. The first-order valence-electron chi connectivity index (χ1n) is 6.19. The van der Waals surface area contributed by atoms with E-state index in [1.165, 1.54) is 11.1 Å². The van der Waals surface area contributed by atoms with Crippen molar-refractivity contribution in [1.82, 2.24) is 0 Å². The number of carbonyl (C=O) groups is 1. The summed E-state index contributed by atoms with van der Waals surface area (Å²) in [6, 6.07) is 8.04. The fourth-order valence-electron chi connectivity index (χ4n) is 3.11. The Morgan fingerprint density at radius 2 is 2.12 bits per heavy atom. The minimum absolute atomic E-state index is 0.155. The second kappa shape index (κ2) is 3.69. The van der Waals surface area contributed by atoms with Crippen molar-refractivity contribution >= 4 is 5.78 Å². The molecule has 0 amide bonds. The van der Waals surface area contributed by atoms with Gasteiger partial charge in [0, 0.05) is 11.0 Å². The van der Waals surface area contributed by atoms with Crippen LogP contribution in [0.5, 0.6) is 0 Å². The van der Waals surface area contributed by atoms with E-state index in [4.69, 9.17) is 0 Å². The van der Waals surface area contributed by atoms with Crippen LogP contribution in [0, 0.1) is 5.41 Å². The van der Waals surface area contributed by atoms with Crippen LogP contribution < -0.4 is 0 Å². The fourth-order valence-corrected chi connectivity index (χ4v) is 3.11. The lowest BCUT2D eigenvalue weighted by atomic mass is 9.68. The lowest BCUT2D eigenvalue weighted by Gasteiger charge is -2.33. The number of allylic oxidation sites excluding steroid dienone is 3. The summed E-state index contributed by atoms with van der Waals surface area (Å²) in [6.45, 7) is 3.81. The van der Waals surface area contributed by atoms with E-state index < -0.39 is 0 Å². The number of hydrogen-bond acceptors (Lipinski definition) is 1. The smallest absolute Gasteiger partial charge is 0.169 e. The molecule has 1 heteroatoms. The molecule has 0 N–H and O–H groups in total. The van der Waals surface area contributed by atoms with E-state index in [-0.39, 0.29) is 5.41 Å². The zero-order valence-electron chi connectivity index (χ0n) is 9.91. The Hall–Kier alpha value is -1.63. The minimum atomic E-state index is -0.155. The van der Waals surface area contributed by atoms with Crippen molar-refractivity contribution in [3.63, 3.8) is 0 Å². The quantitative estimate of drug-likeness (QED) is 0.710. The topological polar surface area (TPSA) is 17.1 Å². The van der Waals surface area contributed by atoms with Crippen molar-refractivity contribution in [1.29, 1.82) is 0 Å². The van der Waals surface area contributed by atoms with Gasteiger partial charge in [-0.1, -0.05) is 48.6 Å². The number of hydrogen-bond donors (Lipinski definition) is 0. The number of benzene rings is 1. The van der Waals surface area contributed by atoms with Crippen molar-refractivity contribution in [2.24, 2.45) is 5.41 Å². The first-order chi connectivity index (χ1) is 8.25. The molecule has 0 aromatic heterocycles. The predicted molar refractivity (Wildman–Crippen MR) is 69.0 cm³/mol. The number of aryl methyl sites for hydroxylation is 1. The van der Waals surface area contributed by atoms with Gasteiger partial charge in [-0.05, 0) is 31.2 Å². The van der Waals surface area contributed by atoms with Crippen molar-refractivity contribution in [3.8, 4) is 0 Å². The van der Waals surface area contributed by atoms with E-state index >= 15 is 0 Å². The molecule has 86 valence electrons. The molecule has 0 radical (unpaired) electrons. The highest BCUT2D eigenvalue weighted by atomic mass is 16.1. The summed E-state index contributed by atoms with van der Waals surface area (Å²) in [5, 5.41) is 0. The molecule has 0 saturated carbocycles. The number of rotatable bonds is 1. The van der Waals surface area contributed by atoms with E-state index in [1.54, 1.807) is 0 Å². The third kappa shape index (κ3) is 1.49. The van der Waals surface area contributed by atoms with E-state index in [2.05, 4.69) is 18.7 Å². The molecule has 0 saturated heterocycles. The molecule has 17 heavy (non-hydrogen) atoms. The molecule has 1 spiro atoms. The highest BCUT2D eigenvalue weighted by molar-refractivity contribution is 6.03. The zero-order chi connectivity index (χ0) is 11.9. The van der Waals surface area contributed by atoms with E-state index in [9.17, 15) is 4.79 Å². The van der Waals surface area contributed by atoms with Crippen LogP contribution in [0.25, 0.3) is 0 Å². The summed E-state index contributed by atoms with van der Waals surface area (Å²) >= 11 is 0. The maximum atomic E-state index is 12.6. The Balaban J connectivity index is 1.98. The Labute approximate surface area is 102 Å². The van der Waals surface area contributed by atoms with Gasteiger partial charge in [-0.3, -0.25) is 4.79 Å². The Kier molecular flexibility index (Phi) is 2.29. The molecular formula is C16H16O. The summed E-state index contributed by atoms with van der Waals surface area (Å²) < 4.78 is 0. The lowest BCUT2D eigenvalue weighted by molar-refractivity contribution is 0.0773. The Bertz CT molecular complexity index is 524. The molecule has 0 bridgehead atoms. The van der Waals surface area contributed by atoms with E-state index in [1.807, 2.05) is 24.3 Å². The first kappa shape index (κ1) is 10.5. The number of carbonyl (C=O) groups excluding carboxylic acids is 1. The van der Waals surface area contributed by atoms with Crippen LogP contribution >= 0.6 is 0 Å². The SMILES string of the molecule is C=CC1=CCC2(CCc3ccccc3C2=O)C1. The average molecular weight is 224 g/mol. The van der Waals surface area contributed by atoms with Crippen molar-refractivity contribution in [2.75, 3.05) is 0 Å². The van der Waals surface area contributed by atoms with Gasteiger partial charge < -0.3 is 0 Å². The molecule has 0 aliphatic heterocycles. The summed E-state index contributed by atoms with van der Waals surface area (Å²) in [6.07, 6.45) is 7.85. The Morgan fingerprint density at radius 3 is 2.88 bits per heavy atom. The molecule has 1 aromatic carbocycles. The third-order valence-electron chi connectivity index (χ3n) is 4.18. The predicted octanol–water partition coefficient (Wildman–Crippen LogP) is 3.71. The van der Waals surface area contributed by atoms with Crippen LogP contribution in [0.2, 0.25) is 0 Å². The van der Waals surface area contributed by atoms with Gasteiger partial charge in [-0.2, -0.15) is 0 Å². The van der Waals surface area contributed by atoms with Gasteiger partial charge in [-0.15, -0.1) is 0 Å². The highest BCUT2D eigenvalue weighted by Gasteiger charge is 2.43. The zero-order valence-corrected chi connectivity index (χ0v) is 9.91.